The molecule has 13 heavy (non-hydrogen) atoms. The third-order valence-corrected chi connectivity index (χ3v) is 2.54. The Morgan fingerprint density at radius 1 is 1.62 bits per heavy atom. The number of aromatic nitrogens is 2. The van der Waals surface area contributed by atoms with Crippen LogP contribution in [0.25, 0.3) is 0 Å². The number of nitrogens with one attached hydrogen (secondary N) is 1. The molecule has 1 aromatic rings. The third-order valence-electron chi connectivity index (χ3n) is 2.54. The van der Waals surface area contributed by atoms with Crippen LogP contribution in [0.5, 0.6) is 0 Å². The van der Waals surface area contributed by atoms with E-state index in [4.69, 9.17) is 0 Å². The summed E-state index contributed by atoms with van der Waals surface area (Å²) in [7, 11) is 2.00. The van der Waals surface area contributed by atoms with E-state index in [-0.39, 0.29) is 0 Å². The molecule has 1 rings (SSSR count). The normalized spacial score (nSPS) is 15.7. The van der Waals surface area contributed by atoms with E-state index in [9.17, 15) is 0 Å². The zero-order valence-electron chi connectivity index (χ0n) is 8.91. The molecule has 3 heteroatoms. The van der Waals surface area contributed by atoms with Crippen molar-refractivity contribution in [2.45, 2.75) is 39.3 Å². The van der Waals surface area contributed by atoms with Crippen LogP contribution in [0.2, 0.25) is 0 Å². The fourth-order valence-corrected chi connectivity index (χ4v) is 1.63. The molecule has 0 saturated heterocycles. The van der Waals surface area contributed by atoms with Gasteiger partial charge in [-0.25, -0.2) is 0 Å². The van der Waals surface area contributed by atoms with Gasteiger partial charge in [-0.15, -0.1) is 0 Å². The summed E-state index contributed by atoms with van der Waals surface area (Å²) in [4.78, 5) is 0. The summed E-state index contributed by atoms with van der Waals surface area (Å²) in [5, 5.41) is 7.61. The molecule has 3 nitrogen and oxygen atoms in total. The first-order chi connectivity index (χ1) is 6.19. The lowest BCUT2D eigenvalue weighted by Gasteiger charge is -2.22. The number of aryl methyl sites for hydroxylation is 1. The van der Waals surface area contributed by atoms with E-state index in [1.165, 1.54) is 5.56 Å². The molecule has 0 aliphatic rings. The molecule has 0 spiro atoms. The van der Waals surface area contributed by atoms with Crippen LogP contribution < -0.4 is 5.32 Å². The van der Waals surface area contributed by atoms with Crippen LogP contribution >= 0.6 is 0 Å². The highest BCUT2D eigenvalue weighted by Crippen LogP contribution is 2.12. The van der Waals surface area contributed by atoms with Gasteiger partial charge >= 0.3 is 0 Å². The topological polar surface area (TPSA) is 29.9 Å². The number of nitrogens with zero attached hydrogens (tertiary/aromatic N) is 2. The lowest BCUT2D eigenvalue weighted by molar-refractivity contribution is 0.356. The molecule has 0 aromatic carbocycles. The quantitative estimate of drug-likeness (QED) is 0.767. The standard InChI is InChI=1S/C10H19N3/c1-5-10(11-4)9(3)13-7-8(2)6-12-13/h6-7,9-11H,5H2,1-4H3. The highest BCUT2D eigenvalue weighted by molar-refractivity contribution is 5.00. The summed E-state index contributed by atoms with van der Waals surface area (Å²) in [5.41, 5.74) is 1.22. The predicted molar refractivity (Wildman–Crippen MR) is 54.8 cm³/mol. The first-order valence-corrected chi connectivity index (χ1v) is 4.87. The van der Waals surface area contributed by atoms with Gasteiger partial charge in [-0.1, -0.05) is 6.92 Å². The second kappa shape index (κ2) is 4.42. The van der Waals surface area contributed by atoms with Crippen LogP contribution in [0, 0.1) is 6.92 Å². The molecule has 1 N–H and O–H groups in total. The maximum absolute atomic E-state index is 4.31. The Labute approximate surface area is 80.1 Å². The number of hydrogen-bond donors (Lipinski definition) is 1. The summed E-state index contributed by atoms with van der Waals surface area (Å²) in [6, 6.07) is 0.919. The molecule has 2 atom stereocenters. The van der Waals surface area contributed by atoms with E-state index in [1.807, 2.05) is 17.9 Å². The van der Waals surface area contributed by atoms with Gasteiger partial charge in [0.1, 0.15) is 0 Å². The van der Waals surface area contributed by atoms with E-state index in [0.717, 1.165) is 6.42 Å². The summed E-state index contributed by atoms with van der Waals surface area (Å²) in [6.07, 6.45) is 5.11. The second-order valence-electron chi connectivity index (χ2n) is 3.54. The lowest BCUT2D eigenvalue weighted by Crippen LogP contribution is -2.33. The molecule has 0 amide bonds. The molecule has 0 bridgehead atoms. The minimum absolute atomic E-state index is 0.420. The molecule has 2 unspecified atom stereocenters. The molecule has 74 valence electrons. The number of rotatable bonds is 4. The fraction of sp³-hybridized carbons (Fsp3) is 0.700. The van der Waals surface area contributed by atoms with Crippen LogP contribution in [0.1, 0.15) is 31.9 Å². The van der Waals surface area contributed by atoms with Crippen molar-refractivity contribution in [1.29, 1.82) is 0 Å². The fourth-order valence-electron chi connectivity index (χ4n) is 1.63. The zero-order valence-corrected chi connectivity index (χ0v) is 8.91. The van der Waals surface area contributed by atoms with Crippen LogP contribution in [0.4, 0.5) is 0 Å². The van der Waals surface area contributed by atoms with Crippen molar-refractivity contribution in [1.82, 2.24) is 15.1 Å². The third kappa shape index (κ3) is 2.31. The van der Waals surface area contributed by atoms with Gasteiger partial charge < -0.3 is 5.32 Å². The van der Waals surface area contributed by atoms with Gasteiger partial charge in [0.2, 0.25) is 0 Å². The Morgan fingerprint density at radius 2 is 2.31 bits per heavy atom. The Hall–Kier alpha value is -0.830. The minimum atomic E-state index is 0.420. The van der Waals surface area contributed by atoms with Gasteiger partial charge in [0.15, 0.2) is 0 Å². The largest absolute Gasteiger partial charge is 0.315 e. The summed E-state index contributed by atoms with van der Waals surface area (Å²) in [6.45, 7) is 6.45. The van der Waals surface area contributed by atoms with Gasteiger partial charge in [-0.05, 0) is 32.9 Å². The van der Waals surface area contributed by atoms with Gasteiger partial charge in [0.05, 0.1) is 12.2 Å². The van der Waals surface area contributed by atoms with Crippen LogP contribution in [0.3, 0.4) is 0 Å². The van der Waals surface area contributed by atoms with E-state index in [0.29, 0.717) is 12.1 Å². The van der Waals surface area contributed by atoms with E-state index in [1.54, 1.807) is 0 Å². The van der Waals surface area contributed by atoms with Crippen molar-refractivity contribution in [2.24, 2.45) is 0 Å². The van der Waals surface area contributed by atoms with Crippen LogP contribution in [0.15, 0.2) is 12.4 Å². The highest BCUT2D eigenvalue weighted by Gasteiger charge is 2.14. The van der Waals surface area contributed by atoms with E-state index < -0.39 is 0 Å². The maximum atomic E-state index is 4.31. The summed E-state index contributed by atoms with van der Waals surface area (Å²) >= 11 is 0. The Balaban J connectivity index is 2.71. The molecular weight excluding hydrogens is 162 g/mol. The monoisotopic (exact) mass is 181 g/mol. The van der Waals surface area contributed by atoms with Gasteiger partial charge in [-0.3, -0.25) is 4.68 Å². The average Bonchev–Trinajstić information content (AvgIpc) is 2.54. The molecule has 1 aromatic heterocycles. The van der Waals surface area contributed by atoms with Crippen molar-refractivity contribution in [3.63, 3.8) is 0 Å². The van der Waals surface area contributed by atoms with Crippen LogP contribution in [-0.2, 0) is 0 Å². The Kier molecular flexibility index (Phi) is 3.48. The Morgan fingerprint density at radius 3 is 2.69 bits per heavy atom. The predicted octanol–water partition coefficient (Wildman–Crippen LogP) is 1.75. The molecular formula is C10H19N3. The molecule has 1 heterocycles. The van der Waals surface area contributed by atoms with Crippen molar-refractivity contribution < 1.29 is 0 Å². The Bertz CT molecular complexity index is 250. The maximum Gasteiger partial charge on any atom is 0.0643 e. The highest BCUT2D eigenvalue weighted by atomic mass is 15.3. The van der Waals surface area contributed by atoms with E-state index in [2.05, 4.69) is 37.4 Å². The van der Waals surface area contributed by atoms with Crippen LogP contribution in [-0.4, -0.2) is 22.9 Å². The number of hydrogen-bond acceptors (Lipinski definition) is 2. The van der Waals surface area contributed by atoms with Gasteiger partial charge in [0.25, 0.3) is 0 Å². The van der Waals surface area contributed by atoms with Crippen molar-refractivity contribution in [3.05, 3.63) is 18.0 Å². The number of likely N-dealkylation sites (N-methyl/N-ethyl adjacent to an activating group) is 1. The lowest BCUT2D eigenvalue weighted by atomic mass is 10.1. The first-order valence-electron chi connectivity index (χ1n) is 4.87. The molecule has 0 radical (unpaired) electrons. The van der Waals surface area contributed by atoms with Gasteiger partial charge in [-0.2, -0.15) is 5.10 Å². The molecule has 0 fully saturated rings. The zero-order chi connectivity index (χ0) is 9.84. The average molecular weight is 181 g/mol. The van der Waals surface area contributed by atoms with Gasteiger partial charge in [0, 0.05) is 12.2 Å². The summed E-state index contributed by atoms with van der Waals surface area (Å²) < 4.78 is 2.03. The molecule has 0 saturated carbocycles. The second-order valence-corrected chi connectivity index (χ2v) is 3.54. The summed E-state index contributed by atoms with van der Waals surface area (Å²) in [5.74, 6) is 0. The smallest absolute Gasteiger partial charge is 0.0643 e. The minimum Gasteiger partial charge on any atom is -0.315 e. The van der Waals surface area contributed by atoms with Crippen molar-refractivity contribution in [3.8, 4) is 0 Å². The molecule has 0 aliphatic heterocycles. The first kappa shape index (κ1) is 10.3. The van der Waals surface area contributed by atoms with Crippen molar-refractivity contribution >= 4 is 0 Å². The van der Waals surface area contributed by atoms with E-state index >= 15 is 0 Å². The van der Waals surface area contributed by atoms with Crippen molar-refractivity contribution in [2.75, 3.05) is 7.05 Å². The SMILES string of the molecule is CCC(NC)C(C)n1cc(C)cn1. The molecule has 0 aliphatic carbocycles.